The molecule has 0 radical (unpaired) electrons. The summed E-state index contributed by atoms with van der Waals surface area (Å²) < 4.78 is 41.3. The van der Waals surface area contributed by atoms with Crippen LogP contribution in [0.2, 0.25) is 0 Å². The van der Waals surface area contributed by atoms with E-state index in [9.17, 15) is 13.2 Å². The van der Waals surface area contributed by atoms with E-state index in [4.69, 9.17) is 5.11 Å². The Kier molecular flexibility index (Phi) is 2.95. The lowest BCUT2D eigenvalue weighted by molar-refractivity contribution is -0.139. The number of hydrogen-bond acceptors (Lipinski definition) is 3. The first-order valence-corrected chi connectivity index (χ1v) is 3.71. The highest BCUT2D eigenvalue weighted by molar-refractivity contribution is 5.30. The van der Waals surface area contributed by atoms with Gasteiger partial charge in [0.1, 0.15) is 5.56 Å². The molecular formula is C8H8F3NO2. The van der Waals surface area contributed by atoms with Crippen molar-refractivity contribution in [2.75, 3.05) is 7.11 Å². The molecule has 0 atom stereocenters. The second kappa shape index (κ2) is 3.83. The van der Waals surface area contributed by atoms with Gasteiger partial charge in [0.05, 0.1) is 19.4 Å². The van der Waals surface area contributed by atoms with Crippen molar-refractivity contribution in [1.82, 2.24) is 4.98 Å². The van der Waals surface area contributed by atoms with E-state index in [2.05, 4.69) is 9.72 Å². The van der Waals surface area contributed by atoms with Crippen LogP contribution in [0.4, 0.5) is 13.2 Å². The molecule has 0 bridgehead atoms. The average Bonchev–Trinajstić information content (AvgIpc) is 2.15. The predicted molar refractivity (Wildman–Crippen MR) is 41.7 cm³/mol. The molecule has 0 fully saturated rings. The summed E-state index contributed by atoms with van der Waals surface area (Å²) in [5.41, 5.74) is -0.813. The molecule has 1 heterocycles. The summed E-state index contributed by atoms with van der Waals surface area (Å²) in [6.45, 7) is -0.422. The zero-order chi connectivity index (χ0) is 10.8. The maximum atomic E-state index is 12.3. The van der Waals surface area contributed by atoms with Crippen LogP contribution >= 0.6 is 0 Å². The van der Waals surface area contributed by atoms with E-state index in [-0.39, 0.29) is 5.69 Å². The van der Waals surface area contributed by atoms with Crippen LogP contribution in [-0.2, 0) is 12.8 Å². The first kappa shape index (κ1) is 10.8. The molecular weight excluding hydrogens is 199 g/mol. The summed E-state index contributed by atoms with van der Waals surface area (Å²) in [6, 6.07) is 1.93. The van der Waals surface area contributed by atoms with Crippen molar-refractivity contribution < 1.29 is 23.0 Å². The SMILES string of the molecule is COc1nc(CO)ccc1C(F)(F)F. The molecule has 0 aromatic carbocycles. The molecule has 6 heteroatoms. The molecule has 1 rings (SSSR count). The van der Waals surface area contributed by atoms with E-state index in [0.29, 0.717) is 0 Å². The highest BCUT2D eigenvalue weighted by Crippen LogP contribution is 2.34. The third-order valence-electron chi connectivity index (χ3n) is 1.58. The Hall–Kier alpha value is -1.30. The minimum Gasteiger partial charge on any atom is -0.481 e. The lowest BCUT2D eigenvalue weighted by Gasteiger charge is -2.11. The summed E-state index contributed by atoms with van der Waals surface area (Å²) in [5, 5.41) is 8.65. The Bertz CT molecular complexity index is 325. The van der Waals surface area contributed by atoms with Gasteiger partial charge in [-0.2, -0.15) is 13.2 Å². The van der Waals surface area contributed by atoms with Gasteiger partial charge in [0.25, 0.3) is 0 Å². The van der Waals surface area contributed by atoms with Gasteiger partial charge in [-0.1, -0.05) is 0 Å². The van der Waals surface area contributed by atoms with Crippen molar-refractivity contribution in [1.29, 1.82) is 0 Å². The van der Waals surface area contributed by atoms with Crippen LogP contribution in [-0.4, -0.2) is 17.2 Å². The first-order chi connectivity index (χ1) is 6.49. The maximum Gasteiger partial charge on any atom is 0.421 e. The van der Waals surface area contributed by atoms with Gasteiger partial charge in [0.15, 0.2) is 0 Å². The number of halogens is 3. The molecule has 3 nitrogen and oxygen atoms in total. The van der Waals surface area contributed by atoms with E-state index >= 15 is 0 Å². The zero-order valence-electron chi connectivity index (χ0n) is 7.30. The Morgan fingerprint density at radius 1 is 1.43 bits per heavy atom. The van der Waals surface area contributed by atoms with Crippen molar-refractivity contribution in [2.45, 2.75) is 12.8 Å². The third-order valence-corrected chi connectivity index (χ3v) is 1.58. The summed E-state index contributed by atoms with van der Waals surface area (Å²) in [5.74, 6) is -0.524. The highest BCUT2D eigenvalue weighted by Gasteiger charge is 2.35. The minimum atomic E-state index is -4.49. The Balaban J connectivity index is 3.18. The smallest absolute Gasteiger partial charge is 0.421 e. The van der Waals surface area contributed by atoms with Crippen molar-refractivity contribution in [3.8, 4) is 5.88 Å². The number of nitrogens with zero attached hydrogens (tertiary/aromatic N) is 1. The van der Waals surface area contributed by atoms with E-state index in [1.54, 1.807) is 0 Å². The van der Waals surface area contributed by atoms with Gasteiger partial charge in [-0.15, -0.1) is 0 Å². The van der Waals surface area contributed by atoms with Crippen molar-refractivity contribution in [3.05, 3.63) is 23.4 Å². The first-order valence-electron chi connectivity index (χ1n) is 3.71. The summed E-state index contributed by atoms with van der Waals surface area (Å²) in [6.07, 6.45) is -4.49. The van der Waals surface area contributed by atoms with Gasteiger partial charge in [0, 0.05) is 0 Å². The quantitative estimate of drug-likeness (QED) is 0.800. The molecule has 1 aromatic heterocycles. The van der Waals surface area contributed by atoms with E-state index in [0.717, 1.165) is 19.2 Å². The fraction of sp³-hybridized carbons (Fsp3) is 0.375. The van der Waals surface area contributed by atoms with Crippen LogP contribution in [0.25, 0.3) is 0 Å². The molecule has 1 N–H and O–H groups in total. The summed E-state index contributed by atoms with van der Waals surface area (Å²) in [4.78, 5) is 3.48. The van der Waals surface area contributed by atoms with Crippen LogP contribution in [0.1, 0.15) is 11.3 Å². The van der Waals surface area contributed by atoms with Crippen LogP contribution in [0, 0.1) is 0 Å². The second-order valence-corrected chi connectivity index (χ2v) is 2.52. The Morgan fingerprint density at radius 3 is 2.50 bits per heavy atom. The summed E-state index contributed by atoms with van der Waals surface area (Å²) >= 11 is 0. The average molecular weight is 207 g/mol. The number of hydrogen-bond donors (Lipinski definition) is 1. The van der Waals surface area contributed by atoms with Gasteiger partial charge in [-0.05, 0) is 12.1 Å². The molecule has 0 saturated heterocycles. The standard InChI is InChI=1S/C8H8F3NO2/c1-14-7-6(8(9,10)11)3-2-5(4-13)12-7/h2-3,13H,4H2,1H3. The topological polar surface area (TPSA) is 42.4 Å². The fourth-order valence-corrected chi connectivity index (χ4v) is 0.938. The van der Waals surface area contributed by atoms with Gasteiger partial charge >= 0.3 is 6.18 Å². The van der Waals surface area contributed by atoms with Gasteiger partial charge in [0.2, 0.25) is 5.88 Å². The molecule has 1 aromatic rings. The van der Waals surface area contributed by atoms with E-state index < -0.39 is 24.2 Å². The molecule has 0 spiro atoms. The normalized spacial score (nSPS) is 11.5. The number of aliphatic hydroxyl groups is 1. The number of pyridine rings is 1. The lowest BCUT2D eigenvalue weighted by atomic mass is 10.2. The third kappa shape index (κ3) is 2.14. The zero-order valence-corrected chi connectivity index (χ0v) is 7.30. The van der Waals surface area contributed by atoms with Crippen molar-refractivity contribution in [3.63, 3.8) is 0 Å². The number of aromatic nitrogens is 1. The van der Waals surface area contributed by atoms with Crippen LogP contribution in [0.15, 0.2) is 12.1 Å². The van der Waals surface area contributed by atoms with Crippen LogP contribution < -0.4 is 4.74 Å². The Morgan fingerprint density at radius 2 is 2.07 bits per heavy atom. The highest BCUT2D eigenvalue weighted by atomic mass is 19.4. The lowest BCUT2D eigenvalue weighted by Crippen LogP contribution is -2.09. The molecule has 0 aliphatic carbocycles. The number of alkyl halides is 3. The van der Waals surface area contributed by atoms with Crippen molar-refractivity contribution in [2.24, 2.45) is 0 Å². The molecule has 0 aliphatic heterocycles. The van der Waals surface area contributed by atoms with Gasteiger partial charge < -0.3 is 9.84 Å². The minimum absolute atomic E-state index is 0.134. The molecule has 0 amide bonds. The van der Waals surface area contributed by atoms with Gasteiger partial charge in [-0.25, -0.2) is 4.98 Å². The van der Waals surface area contributed by atoms with Crippen molar-refractivity contribution >= 4 is 0 Å². The number of rotatable bonds is 2. The Labute approximate surface area is 78.2 Å². The monoisotopic (exact) mass is 207 g/mol. The second-order valence-electron chi connectivity index (χ2n) is 2.52. The molecule has 0 saturated carbocycles. The molecule has 0 unspecified atom stereocenters. The van der Waals surface area contributed by atoms with Gasteiger partial charge in [-0.3, -0.25) is 0 Å². The van der Waals surface area contributed by atoms with E-state index in [1.807, 2.05) is 0 Å². The van der Waals surface area contributed by atoms with E-state index in [1.165, 1.54) is 0 Å². The fourth-order valence-electron chi connectivity index (χ4n) is 0.938. The largest absolute Gasteiger partial charge is 0.481 e. The molecule has 0 aliphatic rings. The number of ether oxygens (including phenoxy) is 1. The summed E-state index contributed by atoms with van der Waals surface area (Å²) in [7, 11) is 1.10. The number of methoxy groups -OCH3 is 1. The number of aliphatic hydroxyl groups excluding tert-OH is 1. The maximum absolute atomic E-state index is 12.3. The molecule has 78 valence electrons. The van der Waals surface area contributed by atoms with Crippen LogP contribution in [0.3, 0.4) is 0 Å². The molecule has 14 heavy (non-hydrogen) atoms. The predicted octanol–water partition coefficient (Wildman–Crippen LogP) is 1.60. The van der Waals surface area contributed by atoms with Crippen LogP contribution in [0.5, 0.6) is 5.88 Å².